The number of carbonyl (C=O) groups excluding carboxylic acids is 1. The summed E-state index contributed by atoms with van der Waals surface area (Å²) >= 11 is 0. The highest BCUT2D eigenvalue weighted by molar-refractivity contribution is 5.95. The van der Waals surface area contributed by atoms with Gasteiger partial charge in [0.15, 0.2) is 0 Å². The Morgan fingerprint density at radius 3 is 2.50 bits per heavy atom. The van der Waals surface area contributed by atoms with E-state index in [0.717, 1.165) is 49.3 Å². The number of para-hydroxylation sites is 1. The summed E-state index contributed by atoms with van der Waals surface area (Å²) in [5.74, 6) is -0.0306. The third-order valence-electron chi connectivity index (χ3n) is 6.14. The molecule has 5 nitrogen and oxygen atoms in total. The van der Waals surface area contributed by atoms with Crippen LogP contribution < -0.4 is 0 Å². The van der Waals surface area contributed by atoms with Crippen LogP contribution in [0.2, 0.25) is 0 Å². The van der Waals surface area contributed by atoms with Crippen molar-refractivity contribution in [1.82, 2.24) is 14.8 Å². The van der Waals surface area contributed by atoms with Gasteiger partial charge in [-0.2, -0.15) is 0 Å². The number of morpholine rings is 1. The lowest BCUT2D eigenvalue weighted by Gasteiger charge is -2.30. The van der Waals surface area contributed by atoms with E-state index in [4.69, 9.17) is 4.74 Å². The van der Waals surface area contributed by atoms with Gasteiger partial charge in [0.2, 0.25) is 0 Å². The summed E-state index contributed by atoms with van der Waals surface area (Å²) in [6.07, 6.45) is 0. The summed E-state index contributed by atoms with van der Waals surface area (Å²) in [6, 6.07) is 26.4. The van der Waals surface area contributed by atoms with Crippen LogP contribution >= 0.6 is 0 Å². The minimum atomic E-state index is -0.0306. The van der Waals surface area contributed by atoms with Crippen LogP contribution in [-0.4, -0.2) is 60.1 Å². The molecule has 0 aliphatic carbocycles. The normalized spacial score (nSPS) is 14.6. The van der Waals surface area contributed by atoms with Crippen molar-refractivity contribution < 1.29 is 9.53 Å². The smallest absolute Gasteiger partial charge is 0.272 e. The van der Waals surface area contributed by atoms with E-state index in [9.17, 15) is 4.79 Å². The SMILES string of the molecule is O=C(c1ccc2ccccc2n1)N(CCN1CCOCC1)Cc1cccc2ccccc12. The second kappa shape index (κ2) is 9.47. The third-order valence-corrected chi connectivity index (χ3v) is 6.14. The number of ether oxygens (including phenoxy) is 1. The molecule has 0 spiro atoms. The zero-order chi connectivity index (χ0) is 21.8. The molecule has 4 aromatic rings. The van der Waals surface area contributed by atoms with Crippen LogP contribution in [0.4, 0.5) is 0 Å². The first-order valence-electron chi connectivity index (χ1n) is 11.2. The quantitative estimate of drug-likeness (QED) is 0.460. The zero-order valence-electron chi connectivity index (χ0n) is 18.1. The Labute approximate surface area is 188 Å². The summed E-state index contributed by atoms with van der Waals surface area (Å²) in [6.45, 7) is 5.35. The molecular formula is C27H27N3O2. The van der Waals surface area contributed by atoms with Gasteiger partial charge in [0.05, 0.1) is 18.7 Å². The number of pyridine rings is 1. The predicted molar refractivity (Wildman–Crippen MR) is 128 cm³/mol. The Morgan fingerprint density at radius 1 is 0.875 bits per heavy atom. The van der Waals surface area contributed by atoms with Crippen LogP contribution in [0.25, 0.3) is 21.7 Å². The Morgan fingerprint density at radius 2 is 1.62 bits per heavy atom. The van der Waals surface area contributed by atoms with E-state index < -0.39 is 0 Å². The fourth-order valence-corrected chi connectivity index (χ4v) is 4.32. The molecule has 1 amide bonds. The van der Waals surface area contributed by atoms with Gasteiger partial charge in [0, 0.05) is 38.1 Å². The standard InChI is InChI=1S/C27H27N3O2/c31-27(26-13-12-22-7-2-4-11-25(22)28-26)30(15-14-29-16-18-32-19-17-29)20-23-9-5-8-21-6-1-3-10-24(21)23/h1-13H,14-20H2. The second-order valence-corrected chi connectivity index (χ2v) is 8.21. The van der Waals surface area contributed by atoms with Gasteiger partial charge in [-0.15, -0.1) is 0 Å². The average molecular weight is 426 g/mol. The van der Waals surface area contributed by atoms with Crippen molar-refractivity contribution in [3.63, 3.8) is 0 Å². The molecule has 0 N–H and O–H groups in total. The van der Waals surface area contributed by atoms with Gasteiger partial charge >= 0.3 is 0 Å². The van der Waals surface area contributed by atoms with E-state index in [1.54, 1.807) is 0 Å². The van der Waals surface area contributed by atoms with Gasteiger partial charge in [-0.05, 0) is 28.5 Å². The van der Waals surface area contributed by atoms with Crippen LogP contribution in [0, 0.1) is 0 Å². The van der Waals surface area contributed by atoms with Crippen molar-refractivity contribution in [3.05, 3.63) is 90.1 Å². The molecule has 1 saturated heterocycles. The molecule has 5 heteroatoms. The van der Waals surface area contributed by atoms with E-state index in [-0.39, 0.29) is 5.91 Å². The lowest BCUT2D eigenvalue weighted by Crippen LogP contribution is -2.43. The molecule has 2 heterocycles. The maximum absolute atomic E-state index is 13.6. The molecule has 1 aliphatic rings. The summed E-state index contributed by atoms with van der Waals surface area (Å²) in [4.78, 5) is 22.6. The summed E-state index contributed by atoms with van der Waals surface area (Å²) in [7, 11) is 0. The molecule has 3 aromatic carbocycles. The maximum Gasteiger partial charge on any atom is 0.272 e. The van der Waals surface area contributed by atoms with Gasteiger partial charge in [0.25, 0.3) is 5.91 Å². The summed E-state index contributed by atoms with van der Waals surface area (Å²) < 4.78 is 5.48. The van der Waals surface area contributed by atoms with Gasteiger partial charge in [0.1, 0.15) is 5.69 Å². The number of rotatable bonds is 6. The van der Waals surface area contributed by atoms with Crippen molar-refractivity contribution in [2.45, 2.75) is 6.54 Å². The second-order valence-electron chi connectivity index (χ2n) is 8.21. The van der Waals surface area contributed by atoms with Crippen LogP contribution in [-0.2, 0) is 11.3 Å². The highest BCUT2D eigenvalue weighted by atomic mass is 16.5. The molecule has 0 atom stereocenters. The summed E-state index contributed by atoms with van der Waals surface area (Å²) in [5.41, 5.74) is 2.49. The minimum absolute atomic E-state index is 0.0306. The van der Waals surface area contributed by atoms with Gasteiger partial charge < -0.3 is 9.64 Å². The molecule has 162 valence electrons. The molecule has 5 rings (SSSR count). The van der Waals surface area contributed by atoms with Crippen molar-refractivity contribution in [1.29, 1.82) is 0 Å². The number of hydrogen-bond donors (Lipinski definition) is 0. The lowest BCUT2D eigenvalue weighted by atomic mass is 10.0. The first kappa shape index (κ1) is 20.6. The number of benzene rings is 3. The minimum Gasteiger partial charge on any atom is -0.379 e. The monoisotopic (exact) mass is 425 g/mol. The van der Waals surface area contributed by atoms with Crippen molar-refractivity contribution in [3.8, 4) is 0 Å². The summed E-state index contributed by atoms with van der Waals surface area (Å²) in [5, 5.41) is 3.41. The maximum atomic E-state index is 13.6. The first-order chi connectivity index (χ1) is 15.8. The topological polar surface area (TPSA) is 45.7 Å². The number of carbonyl (C=O) groups is 1. The molecule has 0 unspecified atom stereocenters. The molecule has 1 fully saturated rings. The van der Waals surface area contributed by atoms with E-state index in [2.05, 4.69) is 46.3 Å². The van der Waals surface area contributed by atoms with Crippen molar-refractivity contribution in [2.24, 2.45) is 0 Å². The average Bonchev–Trinajstić information content (AvgIpc) is 2.86. The Hall–Kier alpha value is -3.28. The largest absolute Gasteiger partial charge is 0.379 e. The number of amides is 1. The molecular weight excluding hydrogens is 398 g/mol. The highest BCUT2D eigenvalue weighted by Gasteiger charge is 2.20. The number of nitrogens with zero attached hydrogens (tertiary/aromatic N) is 3. The lowest BCUT2D eigenvalue weighted by molar-refractivity contribution is 0.0320. The Bertz CT molecular complexity index is 1230. The molecule has 0 bridgehead atoms. The van der Waals surface area contributed by atoms with Crippen LogP contribution in [0.1, 0.15) is 16.1 Å². The molecule has 1 aromatic heterocycles. The fourth-order valence-electron chi connectivity index (χ4n) is 4.32. The van der Waals surface area contributed by atoms with Gasteiger partial charge in [-0.1, -0.05) is 66.7 Å². The number of aromatic nitrogens is 1. The highest BCUT2D eigenvalue weighted by Crippen LogP contribution is 2.21. The van der Waals surface area contributed by atoms with E-state index in [1.807, 2.05) is 47.4 Å². The molecule has 1 aliphatic heterocycles. The van der Waals surface area contributed by atoms with Gasteiger partial charge in [-0.25, -0.2) is 4.98 Å². The van der Waals surface area contributed by atoms with Crippen molar-refractivity contribution >= 4 is 27.6 Å². The molecule has 32 heavy (non-hydrogen) atoms. The van der Waals surface area contributed by atoms with E-state index >= 15 is 0 Å². The van der Waals surface area contributed by atoms with Crippen LogP contribution in [0.15, 0.2) is 78.9 Å². The van der Waals surface area contributed by atoms with E-state index in [0.29, 0.717) is 18.8 Å². The Balaban J connectivity index is 1.44. The molecule has 0 radical (unpaired) electrons. The zero-order valence-corrected chi connectivity index (χ0v) is 18.1. The van der Waals surface area contributed by atoms with Crippen LogP contribution in [0.3, 0.4) is 0 Å². The predicted octanol–water partition coefficient (Wildman–Crippen LogP) is 4.36. The van der Waals surface area contributed by atoms with Crippen LogP contribution in [0.5, 0.6) is 0 Å². The molecule has 0 saturated carbocycles. The fraction of sp³-hybridized carbons (Fsp3) is 0.259. The number of fused-ring (bicyclic) bond motifs is 2. The van der Waals surface area contributed by atoms with Gasteiger partial charge in [-0.3, -0.25) is 9.69 Å². The third kappa shape index (κ3) is 4.49. The first-order valence-corrected chi connectivity index (χ1v) is 11.2. The number of hydrogen-bond acceptors (Lipinski definition) is 4. The van der Waals surface area contributed by atoms with Crippen molar-refractivity contribution in [2.75, 3.05) is 39.4 Å². The Kier molecular flexibility index (Phi) is 6.10. The van der Waals surface area contributed by atoms with E-state index in [1.165, 1.54) is 10.8 Å².